The Morgan fingerprint density at radius 3 is 2.50 bits per heavy atom. The maximum atomic E-state index is 11.4. The van der Waals surface area contributed by atoms with Gasteiger partial charge in [-0.05, 0) is 72.4 Å². The van der Waals surface area contributed by atoms with Crippen LogP contribution in [0.4, 0.5) is 0 Å². The first-order valence-corrected chi connectivity index (χ1v) is 8.03. The van der Waals surface area contributed by atoms with Crippen LogP contribution in [0.5, 0.6) is 0 Å². The number of unbranched alkanes of at least 4 members (excludes halogenated alkanes) is 1. The van der Waals surface area contributed by atoms with Gasteiger partial charge in [-0.1, -0.05) is 6.42 Å². The van der Waals surface area contributed by atoms with Gasteiger partial charge in [-0.3, -0.25) is 10.1 Å². The summed E-state index contributed by atoms with van der Waals surface area (Å²) < 4.78 is 0. The molecule has 0 heterocycles. The lowest BCUT2D eigenvalue weighted by Crippen LogP contribution is -2.52. The lowest BCUT2D eigenvalue weighted by Gasteiger charge is -2.31. The third-order valence-electron chi connectivity index (χ3n) is 4.34. The van der Waals surface area contributed by atoms with Crippen LogP contribution in [0.1, 0.15) is 59.3 Å². The van der Waals surface area contributed by atoms with Gasteiger partial charge in [-0.25, -0.2) is 0 Å². The molecule has 2 N–H and O–H groups in total. The first kappa shape index (κ1) is 17.4. The number of hydrogen-bond donors (Lipinski definition) is 2. The van der Waals surface area contributed by atoms with Gasteiger partial charge in [0.2, 0.25) is 0 Å². The van der Waals surface area contributed by atoms with E-state index in [9.17, 15) is 9.90 Å². The first-order valence-electron chi connectivity index (χ1n) is 8.03. The summed E-state index contributed by atoms with van der Waals surface area (Å²) in [5, 5.41) is 12.6. The van der Waals surface area contributed by atoms with Crippen molar-refractivity contribution in [1.82, 2.24) is 10.2 Å². The van der Waals surface area contributed by atoms with E-state index in [0.29, 0.717) is 6.42 Å². The molecule has 1 unspecified atom stereocenters. The van der Waals surface area contributed by atoms with Crippen LogP contribution >= 0.6 is 0 Å². The highest BCUT2D eigenvalue weighted by Gasteiger charge is 2.32. The maximum absolute atomic E-state index is 11.4. The Hall–Kier alpha value is -0.610. The predicted octanol–water partition coefficient (Wildman–Crippen LogP) is 2.73. The number of carboxylic acids is 1. The van der Waals surface area contributed by atoms with Crippen molar-refractivity contribution < 1.29 is 9.90 Å². The monoisotopic (exact) mass is 284 g/mol. The standard InChI is InChI=1S/C16H32N2O2/c1-13(2)17-16(3,15(19)20)10-5-6-11-18(4)12-14-8-7-9-14/h13-14,17H,5-12H2,1-4H3,(H,19,20). The second kappa shape index (κ2) is 7.99. The van der Waals surface area contributed by atoms with Crippen molar-refractivity contribution in [3.8, 4) is 0 Å². The zero-order valence-electron chi connectivity index (χ0n) is 13.6. The first-order chi connectivity index (χ1) is 9.33. The van der Waals surface area contributed by atoms with Crippen molar-refractivity contribution in [3.05, 3.63) is 0 Å². The molecule has 118 valence electrons. The fourth-order valence-electron chi connectivity index (χ4n) is 2.95. The molecule has 4 heteroatoms. The van der Waals surface area contributed by atoms with Gasteiger partial charge >= 0.3 is 5.97 Å². The minimum absolute atomic E-state index is 0.192. The van der Waals surface area contributed by atoms with Crippen LogP contribution in [0.2, 0.25) is 0 Å². The van der Waals surface area contributed by atoms with E-state index in [1.54, 1.807) is 6.92 Å². The summed E-state index contributed by atoms with van der Waals surface area (Å²) in [6, 6.07) is 0.192. The van der Waals surface area contributed by atoms with Crippen LogP contribution in [-0.2, 0) is 4.79 Å². The lowest BCUT2D eigenvalue weighted by atomic mass is 9.85. The van der Waals surface area contributed by atoms with Crippen molar-refractivity contribution >= 4 is 5.97 Å². The van der Waals surface area contributed by atoms with E-state index in [1.807, 2.05) is 13.8 Å². The quantitative estimate of drug-likeness (QED) is 0.606. The second-order valence-corrected chi connectivity index (χ2v) is 6.95. The minimum Gasteiger partial charge on any atom is -0.480 e. The fourth-order valence-corrected chi connectivity index (χ4v) is 2.95. The highest BCUT2D eigenvalue weighted by molar-refractivity contribution is 5.78. The number of carbonyl (C=O) groups is 1. The Labute approximate surface area is 123 Å². The van der Waals surface area contributed by atoms with Crippen LogP contribution in [0.25, 0.3) is 0 Å². The average Bonchev–Trinajstić information content (AvgIpc) is 2.28. The van der Waals surface area contributed by atoms with Gasteiger partial charge in [0.1, 0.15) is 5.54 Å². The average molecular weight is 284 g/mol. The highest BCUT2D eigenvalue weighted by atomic mass is 16.4. The van der Waals surface area contributed by atoms with Crippen LogP contribution in [0.15, 0.2) is 0 Å². The Bertz CT molecular complexity index is 303. The molecule has 0 aromatic rings. The molecule has 0 bridgehead atoms. The molecule has 0 amide bonds. The molecule has 1 aliphatic rings. The lowest BCUT2D eigenvalue weighted by molar-refractivity contribution is -0.144. The van der Waals surface area contributed by atoms with Crippen molar-refractivity contribution in [2.45, 2.75) is 70.9 Å². The van der Waals surface area contributed by atoms with Crippen molar-refractivity contribution in [3.63, 3.8) is 0 Å². The fraction of sp³-hybridized carbons (Fsp3) is 0.938. The number of nitrogens with zero attached hydrogens (tertiary/aromatic N) is 1. The molecule has 0 aromatic carbocycles. The van der Waals surface area contributed by atoms with Crippen molar-refractivity contribution in [2.75, 3.05) is 20.1 Å². The van der Waals surface area contributed by atoms with Gasteiger partial charge in [0, 0.05) is 12.6 Å². The normalized spacial score (nSPS) is 19.1. The molecule has 0 saturated heterocycles. The zero-order chi connectivity index (χ0) is 15.2. The molecule has 20 heavy (non-hydrogen) atoms. The summed E-state index contributed by atoms with van der Waals surface area (Å²) in [6.45, 7) is 8.07. The Morgan fingerprint density at radius 2 is 2.05 bits per heavy atom. The Balaban J connectivity index is 2.21. The van der Waals surface area contributed by atoms with Gasteiger partial charge in [-0.15, -0.1) is 0 Å². The Morgan fingerprint density at radius 1 is 1.40 bits per heavy atom. The van der Waals surface area contributed by atoms with E-state index in [-0.39, 0.29) is 6.04 Å². The number of carboxylic acid groups (broad SMARTS) is 1. The molecular formula is C16H32N2O2. The summed E-state index contributed by atoms with van der Waals surface area (Å²) in [4.78, 5) is 13.8. The van der Waals surface area contributed by atoms with E-state index in [2.05, 4.69) is 17.3 Å². The molecule has 0 spiro atoms. The van der Waals surface area contributed by atoms with Gasteiger partial charge < -0.3 is 10.0 Å². The van der Waals surface area contributed by atoms with E-state index in [1.165, 1.54) is 25.8 Å². The summed E-state index contributed by atoms with van der Waals surface area (Å²) in [5.74, 6) is 0.168. The smallest absolute Gasteiger partial charge is 0.323 e. The predicted molar refractivity (Wildman–Crippen MR) is 83.0 cm³/mol. The Kier molecular flexibility index (Phi) is 6.96. The van der Waals surface area contributed by atoms with Crippen LogP contribution < -0.4 is 5.32 Å². The minimum atomic E-state index is -0.791. The number of nitrogens with one attached hydrogen (secondary N) is 1. The number of aliphatic carboxylic acids is 1. The molecule has 1 saturated carbocycles. The highest BCUT2D eigenvalue weighted by Crippen LogP contribution is 2.26. The van der Waals surface area contributed by atoms with Gasteiger partial charge in [-0.2, -0.15) is 0 Å². The molecule has 1 rings (SSSR count). The molecule has 4 nitrogen and oxygen atoms in total. The van der Waals surface area contributed by atoms with Crippen LogP contribution in [-0.4, -0.2) is 47.7 Å². The van der Waals surface area contributed by atoms with Gasteiger partial charge in [0.15, 0.2) is 0 Å². The van der Waals surface area contributed by atoms with Crippen molar-refractivity contribution in [2.24, 2.45) is 5.92 Å². The van der Waals surface area contributed by atoms with Gasteiger partial charge in [0.05, 0.1) is 0 Å². The van der Waals surface area contributed by atoms with E-state index in [0.717, 1.165) is 25.3 Å². The second-order valence-electron chi connectivity index (χ2n) is 6.95. The maximum Gasteiger partial charge on any atom is 0.323 e. The molecule has 1 atom stereocenters. The van der Waals surface area contributed by atoms with Crippen LogP contribution in [0.3, 0.4) is 0 Å². The molecule has 1 fully saturated rings. The van der Waals surface area contributed by atoms with E-state index in [4.69, 9.17) is 0 Å². The third-order valence-corrected chi connectivity index (χ3v) is 4.34. The van der Waals surface area contributed by atoms with Crippen LogP contribution in [0, 0.1) is 5.92 Å². The number of hydrogen-bond acceptors (Lipinski definition) is 3. The summed E-state index contributed by atoms with van der Waals surface area (Å²) >= 11 is 0. The zero-order valence-corrected chi connectivity index (χ0v) is 13.6. The molecule has 0 aliphatic heterocycles. The third kappa shape index (κ3) is 5.80. The molecule has 1 aliphatic carbocycles. The van der Waals surface area contributed by atoms with E-state index >= 15 is 0 Å². The largest absolute Gasteiger partial charge is 0.480 e. The molecular weight excluding hydrogens is 252 g/mol. The van der Waals surface area contributed by atoms with Gasteiger partial charge in [0.25, 0.3) is 0 Å². The van der Waals surface area contributed by atoms with Crippen molar-refractivity contribution in [1.29, 1.82) is 0 Å². The molecule has 0 aromatic heterocycles. The summed E-state index contributed by atoms with van der Waals surface area (Å²) in [5.41, 5.74) is -0.791. The molecule has 0 radical (unpaired) electrons. The number of rotatable bonds is 10. The summed E-state index contributed by atoms with van der Waals surface area (Å²) in [6.07, 6.45) is 6.90. The van der Waals surface area contributed by atoms with E-state index < -0.39 is 11.5 Å². The topological polar surface area (TPSA) is 52.6 Å². The SMILES string of the molecule is CC(C)NC(C)(CCCCN(C)CC1CCC1)C(=O)O. The summed E-state index contributed by atoms with van der Waals surface area (Å²) in [7, 11) is 2.18.